The van der Waals surface area contributed by atoms with Crippen molar-refractivity contribution in [2.75, 3.05) is 19.0 Å². The summed E-state index contributed by atoms with van der Waals surface area (Å²) in [6.45, 7) is 3.05. The highest BCUT2D eigenvalue weighted by molar-refractivity contribution is 7.84. The number of pyridine rings is 1. The molecule has 2 rings (SSSR count). The Labute approximate surface area is 161 Å². The standard InChI is InChI=1S/C19H24ClNO4S/c1-2-9-25-19-13-21-16(12-18(19)22)14-26(23)11-4-3-10-24-17-7-5-15(20)6-8-17/h5-8,12-13H,2-4,9-11,14H2,1H3,(H,21,22). The Balaban J connectivity index is 1.67. The van der Waals surface area contributed by atoms with E-state index in [-0.39, 0.29) is 5.43 Å². The van der Waals surface area contributed by atoms with Crippen molar-refractivity contribution in [1.82, 2.24) is 4.98 Å². The average Bonchev–Trinajstić information content (AvgIpc) is 2.62. The van der Waals surface area contributed by atoms with Crippen LogP contribution >= 0.6 is 11.6 Å². The predicted octanol–water partition coefficient (Wildman–Crippen LogP) is 3.93. The van der Waals surface area contributed by atoms with Crippen molar-refractivity contribution < 1.29 is 13.7 Å². The Kier molecular flexibility index (Phi) is 8.71. The van der Waals surface area contributed by atoms with Gasteiger partial charge in [0.05, 0.1) is 19.0 Å². The monoisotopic (exact) mass is 397 g/mol. The molecule has 1 unspecified atom stereocenters. The molecule has 5 nitrogen and oxygen atoms in total. The molecule has 1 N–H and O–H groups in total. The minimum absolute atomic E-state index is 0.180. The highest BCUT2D eigenvalue weighted by Crippen LogP contribution is 2.15. The molecule has 0 aliphatic heterocycles. The Hall–Kier alpha value is -1.79. The van der Waals surface area contributed by atoms with Crippen LogP contribution in [-0.4, -0.2) is 28.2 Å². The summed E-state index contributed by atoms with van der Waals surface area (Å²) in [5.74, 6) is 1.99. The highest BCUT2D eigenvalue weighted by Gasteiger charge is 2.06. The molecule has 7 heteroatoms. The molecular weight excluding hydrogens is 374 g/mol. The van der Waals surface area contributed by atoms with Gasteiger partial charge in [-0.15, -0.1) is 0 Å². The maximum Gasteiger partial charge on any atom is 0.223 e. The zero-order valence-corrected chi connectivity index (χ0v) is 16.4. The van der Waals surface area contributed by atoms with Gasteiger partial charge in [-0.2, -0.15) is 0 Å². The highest BCUT2D eigenvalue weighted by atomic mass is 35.5. The fourth-order valence-corrected chi connectivity index (χ4v) is 3.55. The number of ether oxygens (including phenoxy) is 2. The lowest BCUT2D eigenvalue weighted by atomic mass is 10.3. The number of hydrogen-bond donors (Lipinski definition) is 1. The summed E-state index contributed by atoms with van der Waals surface area (Å²) >= 11 is 5.82. The summed E-state index contributed by atoms with van der Waals surface area (Å²) in [5, 5.41) is 0.677. The van der Waals surface area contributed by atoms with Crippen LogP contribution in [0.15, 0.2) is 41.3 Å². The summed E-state index contributed by atoms with van der Waals surface area (Å²) < 4.78 is 23.1. The number of aromatic nitrogens is 1. The maximum atomic E-state index is 12.2. The Morgan fingerprint density at radius 2 is 1.88 bits per heavy atom. The number of H-pyrrole nitrogens is 1. The second kappa shape index (κ2) is 11.0. The minimum atomic E-state index is -1.03. The van der Waals surface area contributed by atoms with Crippen molar-refractivity contribution in [2.45, 2.75) is 31.9 Å². The van der Waals surface area contributed by atoms with Crippen LogP contribution in [0.5, 0.6) is 11.5 Å². The topological polar surface area (TPSA) is 68.4 Å². The van der Waals surface area contributed by atoms with E-state index in [2.05, 4.69) is 4.98 Å². The van der Waals surface area contributed by atoms with Crippen LogP contribution in [0.25, 0.3) is 0 Å². The number of hydrogen-bond acceptors (Lipinski definition) is 4. The smallest absolute Gasteiger partial charge is 0.223 e. The molecule has 0 aliphatic rings. The van der Waals surface area contributed by atoms with Crippen LogP contribution in [0.1, 0.15) is 31.9 Å². The molecule has 0 saturated carbocycles. The van der Waals surface area contributed by atoms with Crippen molar-refractivity contribution in [1.29, 1.82) is 0 Å². The molecule has 0 bridgehead atoms. The molecule has 0 radical (unpaired) electrons. The van der Waals surface area contributed by atoms with E-state index in [0.717, 1.165) is 25.0 Å². The number of halogens is 1. The van der Waals surface area contributed by atoms with E-state index in [1.165, 1.54) is 6.07 Å². The van der Waals surface area contributed by atoms with Crippen molar-refractivity contribution in [3.8, 4) is 11.5 Å². The molecule has 0 saturated heterocycles. The molecular formula is C19H24ClNO4S. The average molecular weight is 398 g/mol. The lowest BCUT2D eigenvalue weighted by Crippen LogP contribution is -2.12. The lowest BCUT2D eigenvalue weighted by Gasteiger charge is -2.07. The second-order valence-corrected chi connectivity index (χ2v) is 7.85. The van der Waals surface area contributed by atoms with E-state index in [9.17, 15) is 9.00 Å². The molecule has 0 amide bonds. The Morgan fingerprint density at radius 3 is 2.58 bits per heavy atom. The van der Waals surface area contributed by atoms with Crippen molar-refractivity contribution in [2.24, 2.45) is 0 Å². The largest absolute Gasteiger partial charge is 0.494 e. The van der Waals surface area contributed by atoms with Gasteiger partial charge in [0.25, 0.3) is 0 Å². The third kappa shape index (κ3) is 7.22. The number of benzene rings is 1. The van der Waals surface area contributed by atoms with Crippen molar-refractivity contribution >= 4 is 22.4 Å². The summed E-state index contributed by atoms with van der Waals surface area (Å²) in [4.78, 5) is 14.9. The van der Waals surface area contributed by atoms with Crippen LogP contribution in [0.2, 0.25) is 5.02 Å². The number of unbranched alkanes of at least 4 members (excludes halogenated alkanes) is 1. The third-order valence-corrected chi connectivity index (χ3v) is 5.19. The zero-order chi connectivity index (χ0) is 18.8. The van der Waals surface area contributed by atoms with Crippen LogP contribution in [0.4, 0.5) is 0 Å². The van der Waals surface area contributed by atoms with Gasteiger partial charge in [0.15, 0.2) is 5.75 Å². The summed E-state index contributed by atoms with van der Waals surface area (Å²) in [6.07, 6.45) is 3.99. The second-order valence-electron chi connectivity index (χ2n) is 5.83. The first kappa shape index (κ1) is 20.5. The minimum Gasteiger partial charge on any atom is -0.494 e. The molecule has 0 spiro atoms. The fourth-order valence-electron chi connectivity index (χ4n) is 2.24. The van der Waals surface area contributed by atoms with E-state index >= 15 is 0 Å². The van der Waals surface area contributed by atoms with Crippen molar-refractivity contribution in [3.63, 3.8) is 0 Å². The molecule has 26 heavy (non-hydrogen) atoms. The quantitative estimate of drug-likeness (QED) is 0.583. The normalized spacial score (nSPS) is 11.9. The SMILES string of the molecule is CCCOc1c[nH]c(CS(=O)CCCCOc2ccc(Cl)cc2)cc1=O. The summed E-state index contributed by atoms with van der Waals surface area (Å²) in [5.41, 5.74) is 0.482. The van der Waals surface area contributed by atoms with Gasteiger partial charge in [-0.3, -0.25) is 9.00 Å². The van der Waals surface area contributed by atoms with E-state index in [4.69, 9.17) is 21.1 Å². The molecule has 2 aromatic rings. The zero-order valence-electron chi connectivity index (χ0n) is 14.8. The van der Waals surface area contributed by atoms with Crippen molar-refractivity contribution in [3.05, 3.63) is 57.5 Å². The molecule has 1 aromatic heterocycles. The van der Waals surface area contributed by atoms with Gasteiger partial charge < -0.3 is 14.5 Å². The predicted molar refractivity (Wildman–Crippen MR) is 106 cm³/mol. The summed E-state index contributed by atoms with van der Waals surface area (Å²) in [7, 11) is -1.03. The molecule has 1 aromatic carbocycles. The van der Waals surface area contributed by atoms with E-state index in [1.54, 1.807) is 18.3 Å². The van der Waals surface area contributed by atoms with Gasteiger partial charge in [0.2, 0.25) is 5.43 Å². The Morgan fingerprint density at radius 1 is 1.12 bits per heavy atom. The van der Waals surface area contributed by atoms with Gasteiger partial charge >= 0.3 is 0 Å². The van der Waals surface area contributed by atoms with Gasteiger partial charge in [-0.25, -0.2) is 0 Å². The van der Waals surface area contributed by atoms with Crippen LogP contribution in [-0.2, 0) is 16.6 Å². The van der Waals surface area contributed by atoms with Crippen LogP contribution in [0, 0.1) is 0 Å². The third-order valence-electron chi connectivity index (χ3n) is 3.56. The molecule has 1 atom stereocenters. The first-order valence-electron chi connectivity index (χ1n) is 8.66. The van der Waals surface area contributed by atoms with Gasteiger partial charge in [0.1, 0.15) is 5.75 Å². The number of aromatic amines is 1. The molecule has 1 heterocycles. The summed E-state index contributed by atoms with van der Waals surface area (Å²) in [6, 6.07) is 8.68. The molecule has 0 fully saturated rings. The van der Waals surface area contributed by atoms with Gasteiger partial charge in [0, 0.05) is 39.5 Å². The van der Waals surface area contributed by atoms with Gasteiger partial charge in [-0.1, -0.05) is 18.5 Å². The van der Waals surface area contributed by atoms with Crippen LogP contribution in [0.3, 0.4) is 0 Å². The van der Waals surface area contributed by atoms with E-state index < -0.39 is 10.8 Å². The first-order valence-corrected chi connectivity index (χ1v) is 10.5. The molecule has 142 valence electrons. The number of nitrogens with one attached hydrogen (secondary N) is 1. The molecule has 0 aliphatic carbocycles. The van der Waals surface area contributed by atoms with Gasteiger partial charge in [-0.05, 0) is 43.5 Å². The maximum absolute atomic E-state index is 12.2. The first-order chi connectivity index (χ1) is 12.6. The van der Waals surface area contributed by atoms with Crippen LogP contribution < -0.4 is 14.9 Å². The fraction of sp³-hybridized carbons (Fsp3) is 0.421. The Bertz CT molecular complexity index is 761. The number of rotatable bonds is 11. The lowest BCUT2D eigenvalue weighted by molar-refractivity contribution is 0.309. The van der Waals surface area contributed by atoms with E-state index in [0.29, 0.717) is 41.2 Å². The van der Waals surface area contributed by atoms with E-state index in [1.807, 2.05) is 19.1 Å².